The van der Waals surface area contributed by atoms with Crippen LogP contribution in [0.5, 0.6) is 5.75 Å². The molecule has 0 fully saturated rings. The van der Waals surface area contributed by atoms with E-state index < -0.39 is 10.0 Å². The van der Waals surface area contributed by atoms with Crippen LogP contribution in [0.4, 0.5) is 0 Å². The van der Waals surface area contributed by atoms with Crippen LogP contribution in [0.2, 0.25) is 0 Å². The van der Waals surface area contributed by atoms with Crippen molar-refractivity contribution in [1.29, 1.82) is 0 Å². The van der Waals surface area contributed by atoms with E-state index in [2.05, 4.69) is 21.8 Å². The van der Waals surface area contributed by atoms with Crippen LogP contribution in [0.15, 0.2) is 62.9 Å². The molecule has 1 aliphatic heterocycles. The highest BCUT2D eigenvalue weighted by Gasteiger charge is 2.28. The van der Waals surface area contributed by atoms with Crippen LogP contribution >= 0.6 is 0 Å². The van der Waals surface area contributed by atoms with Gasteiger partial charge < -0.3 is 4.74 Å². The molecule has 7 heteroatoms. The van der Waals surface area contributed by atoms with Crippen molar-refractivity contribution >= 4 is 22.1 Å². The lowest BCUT2D eigenvalue weighted by Crippen LogP contribution is -2.17. The molecule has 0 spiro atoms. The first-order valence-corrected chi connectivity index (χ1v) is 9.50. The van der Waals surface area contributed by atoms with Gasteiger partial charge in [-0.3, -0.25) is 5.43 Å². The van der Waals surface area contributed by atoms with Gasteiger partial charge in [-0.15, -0.1) is 4.40 Å². The number of nitrogens with one attached hydrogen (secondary N) is 1. The average molecular weight is 357 g/mol. The standard InChI is InChI=1S/C18H19N3O3S/c1-2-3-12-24-15-10-8-14(9-11-15)13-19-20-18-16-6-4-5-7-17(16)25(22,23)21-18/h4-11,13H,2-3,12H2,1H3,(H,20,21). The number of unbranched alkanes of at least 4 members (excludes halogenated alkanes) is 1. The highest BCUT2D eigenvalue weighted by Crippen LogP contribution is 2.24. The molecule has 1 aliphatic rings. The third kappa shape index (κ3) is 4.06. The summed E-state index contributed by atoms with van der Waals surface area (Å²) in [7, 11) is -3.63. The molecule has 0 aromatic heterocycles. The van der Waals surface area contributed by atoms with E-state index in [0.29, 0.717) is 12.2 Å². The SMILES string of the molecule is CCCCOc1ccc(C=NNC2=NS(=O)(=O)c3ccccc32)cc1. The van der Waals surface area contributed by atoms with Crippen molar-refractivity contribution in [1.82, 2.24) is 5.43 Å². The van der Waals surface area contributed by atoms with E-state index in [9.17, 15) is 8.42 Å². The zero-order valence-electron chi connectivity index (χ0n) is 13.8. The highest BCUT2D eigenvalue weighted by atomic mass is 32.2. The smallest absolute Gasteiger partial charge is 0.285 e. The Bertz CT molecular complexity index is 903. The van der Waals surface area contributed by atoms with E-state index >= 15 is 0 Å². The number of nitrogens with zero attached hydrogens (tertiary/aromatic N) is 2. The highest BCUT2D eigenvalue weighted by molar-refractivity contribution is 7.90. The predicted octanol–water partition coefficient (Wildman–Crippen LogP) is 2.94. The van der Waals surface area contributed by atoms with Crippen molar-refractivity contribution < 1.29 is 13.2 Å². The van der Waals surface area contributed by atoms with E-state index in [1.807, 2.05) is 24.3 Å². The average Bonchev–Trinajstić information content (AvgIpc) is 2.88. The fourth-order valence-corrected chi connectivity index (χ4v) is 3.51. The molecule has 2 aromatic carbocycles. The summed E-state index contributed by atoms with van der Waals surface area (Å²) in [6.45, 7) is 2.83. The Balaban J connectivity index is 1.64. The minimum Gasteiger partial charge on any atom is -0.494 e. The largest absolute Gasteiger partial charge is 0.494 e. The van der Waals surface area contributed by atoms with Crippen molar-refractivity contribution in [3.63, 3.8) is 0 Å². The normalized spacial score (nSPS) is 15.0. The van der Waals surface area contributed by atoms with Crippen LogP contribution < -0.4 is 10.2 Å². The summed E-state index contributed by atoms with van der Waals surface area (Å²) < 4.78 is 33.2. The molecule has 2 aromatic rings. The number of fused-ring (bicyclic) bond motifs is 1. The number of sulfonamides is 1. The summed E-state index contributed by atoms with van der Waals surface area (Å²) in [5.41, 5.74) is 4.10. The van der Waals surface area contributed by atoms with Gasteiger partial charge in [0.15, 0.2) is 5.84 Å². The van der Waals surface area contributed by atoms with Gasteiger partial charge in [-0.2, -0.15) is 13.5 Å². The third-order valence-corrected chi connectivity index (χ3v) is 5.00. The second-order valence-corrected chi connectivity index (χ2v) is 7.12. The molecular formula is C18H19N3O3S. The predicted molar refractivity (Wildman–Crippen MR) is 97.7 cm³/mol. The van der Waals surface area contributed by atoms with E-state index in [1.54, 1.807) is 24.4 Å². The minimum atomic E-state index is -3.63. The number of hydrogen-bond acceptors (Lipinski definition) is 5. The van der Waals surface area contributed by atoms with E-state index in [0.717, 1.165) is 24.2 Å². The number of amidine groups is 1. The Kier molecular flexibility index (Phi) is 5.14. The molecule has 0 bridgehead atoms. The maximum absolute atomic E-state index is 11.9. The van der Waals surface area contributed by atoms with Crippen LogP contribution in [-0.4, -0.2) is 27.1 Å². The van der Waals surface area contributed by atoms with Crippen LogP contribution in [-0.2, 0) is 10.0 Å². The Morgan fingerprint density at radius 3 is 2.68 bits per heavy atom. The van der Waals surface area contributed by atoms with Crippen LogP contribution in [0.1, 0.15) is 30.9 Å². The van der Waals surface area contributed by atoms with Crippen molar-refractivity contribution in [3.8, 4) is 5.75 Å². The Morgan fingerprint density at radius 2 is 1.92 bits per heavy atom. The van der Waals surface area contributed by atoms with Crippen LogP contribution in [0.25, 0.3) is 0 Å². The Morgan fingerprint density at radius 1 is 1.16 bits per heavy atom. The summed E-state index contributed by atoms with van der Waals surface area (Å²) in [6, 6.07) is 14.2. The Hall–Kier alpha value is -2.67. The first-order valence-electron chi connectivity index (χ1n) is 8.06. The molecule has 0 radical (unpaired) electrons. The molecule has 6 nitrogen and oxygen atoms in total. The summed E-state index contributed by atoms with van der Waals surface area (Å²) in [6.07, 6.45) is 3.73. The molecule has 0 saturated heterocycles. The zero-order chi connectivity index (χ0) is 17.7. The lowest BCUT2D eigenvalue weighted by Gasteiger charge is -2.05. The van der Waals surface area contributed by atoms with Gasteiger partial charge in [-0.1, -0.05) is 25.5 Å². The van der Waals surface area contributed by atoms with Gasteiger partial charge in [0.1, 0.15) is 10.6 Å². The van der Waals surface area contributed by atoms with Gasteiger partial charge >= 0.3 is 0 Å². The van der Waals surface area contributed by atoms with Crippen molar-refractivity contribution in [2.24, 2.45) is 9.50 Å². The minimum absolute atomic E-state index is 0.196. The fraction of sp³-hybridized carbons (Fsp3) is 0.222. The van der Waals surface area contributed by atoms with Crippen LogP contribution in [0, 0.1) is 0 Å². The first kappa shape index (κ1) is 17.2. The second kappa shape index (κ2) is 7.48. The maximum Gasteiger partial charge on any atom is 0.285 e. The molecule has 1 N–H and O–H groups in total. The van der Waals surface area contributed by atoms with E-state index in [-0.39, 0.29) is 10.7 Å². The molecule has 25 heavy (non-hydrogen) atoms. The van der Waals surface area contributed by atoms with Gasteiger partial charge in [0.2, 0.25) is 0 Å². The first-order chi connectivity index (χ1) is 12.1. The van der Waals surface area contributed by atoms with Crippen LogP contribution in [0.3, 0.4) is 0 Å². The number of ether oxygens (including phenoxy) is 1. The quantitative estimate of drug-likeness (QED) is 0.490. The topological polar surface area (TPSA) is 80.1 Å². The maximum atomic E-state index is 11.9. The Labute approximate surface area is 147 Å². The van der Waals surface area contributed by atoms with Gasteiger partial charge in [0, 0.05) is 5.56 Å². The number of hydrazone groups is 1. The summed E-state index contributed by atoms with van der Waals surface area (Å²) in [5, 5.41) is 4.08. The summed E-state index contributed by atoms with van der Waals surface area (Å²) >= 11 is 0. The fourth-order valence-electron chi connectivity index (χ4n) is 2.34. The monoisotopic (exact) mass is 357 g/mol. The molecule has 0 aliphatic carbocycles. The molecule has 1 heterocycles. The van der Waals surface area contributed by atoms with Gasteiger partial charge in [-0.25, -0.2) is 0 Å². The van der Waals surface area contributed by atoms with Gasteiger partial charge in [0.25, 0.3) is 10.0 Å². The molecule has 0 saturated carbocycles. The number of rotatable bonds is 6. The van der Waals surface area contributed by atoms with E-state index in [1.165, 1.54) is 6.07 Å². The lowest BCUT2D eigenvalue weighted by molar-refractivity contribution is 0.309. The molecular weight excluding hydrogens is 338 g/mol. The van der Waals surface area contributed by atoms with Crippen molar-refractivity contribution in [2.45, 2.75) is 24.7 Å². The summed E-state index contributed by atoms with van der Waals surface area (Å²) in [4.78, 5) is 0.196. The second-order valence-electron chi connectivity index (χ2n) is 5.55. The van der Waals surface area contributed by atoms with Gasteiger partial charge in [-0.05, 0) is 48.4 Å². The zero-order valence-corrected chi connectivity index (χ0v) is 14.7. The van der Waals surface area contributed by atoms with Gasteiger partial charge in [0.05, 0.1) is 12.8 Å². The van der Waals surface area contributed by atoms with Crippen molar-refractivity contribution in [3.05, 3.63) is 59.7 Å². The molecule has 0 unspecified atom stereocenters. The molecule has 0 amide bonds. The molecule has 130 valence electrons. The number of hydrogen-bond donors (Lipinski definition) is 1. The van der Waals surface area contributed by atoms with E-state index in [4.69, 9.17) is 4.74 Å². The third-order valence-electron chi connectivity index (χ3n) is 3.66. The lowest BCUT2D eigenvalue weighted by atomic mass is 10.2. The summed E-state index contributed by atoms with van der Waals surface area (Å²) in [5.74, 6) is 1.05. The number of benzene rings is 2. The van der Waals surface area contributed by atoms with Crippen molar-refractivity contribution in [2.75, 3.05) is 6.61 Å². The molecule has 0 atom stereocenters. The molecule has 3 rings (SSSR count).